The number of alkyl halides is 1. The highest BCUT2D eigenvalue weighted by Crippen LogP contribution is 2.31. The van der Waals surface area contributed by atoms with Gasteiger partial charge in [-0.15, -0.1) is 21.8 Å². The largest absolute Gasteiger partial charge is 0.420 e. The zero-order chi connectivity index (χ0) is 14.0. The third-order valence-corrected chi connectivity index (χ3v) is 2.43. The van der Waals surface area contributed by atoms with E-state index in [-0.39, 0.29) is 29.6 Å². The van der Waals surface area contributed by atoms with Gasteiger partial charge in [0, 0.05) is 12.3 Å². The molecular weight excluding hydrogens is 284 g/mol. The molecule has 19 heavy (non-hydrogen) atoms. The van der Waals surface area contributed by atoms with E-state index >= 15 is 0 Å². The lowest BCUT2D eigenvalue weighted by molar-refractivity contribution is -0.384. The number of nitro groups is 1. The van der Waals surface area contributed by atoms with E-state index < -0.39 is 22.2 Å². The molecule has 1 heterocycles. The zero-order valence-corrected chi connectivity index (χ0v) is 10.0. The molecule has 0 spiro atoms. The molecule has 9 heteroatoms. The topological polar surface area (TPSA) is 82.1 Å². The lowest BCUT2D eigenvalue weighted by atomic mass is 10.1. The van der Waals surface area contributed by atoms with Crippen LogP contribution in [0.5, 0.6) is 0 Å². The van der Waals surface area contributed by atoms with E-state index in [9.17, 15) is 18.9 Å². The molecule has 2 aromatic rings. The molecule has 0 amide bonds. The van der Waals surface area contributed by atoms with Crippen LogP contribution in [0.2, 0.25) is 0 Å². The highest BCUT2D eigenvalue weighted by molar-refractivity contribution is 6.17. The third-order valence-electron chi connectivity index (χ3n) is 2.24. The quantitative estimate of drug-likeness (QED) is 0.491. The Morgan fingerprint density at radius 3 is 2.63 bits per heavy atom. The van der Waals surface area contributed by atoms with Crippen molar-refractivity contribution >= 4 is 17.3 Å². The highest BCUT2D eigenvalue weighted by atomic mass is 35.5. The molecule has 0 fully saturated rings. The van der Waals surface area contributed by atoms with E-state index in [1.54, 1.807) is 0 Å². The molecule has 0 saturated carbocycles. The molecule has 2 rings (SSSR count). The lowest BCUT2D eigenvalue weighted by Crippen LogP contribution is -1.96. The Morgan fingerprint density at radius 1 is 1.32 bits per heavy atom. The maximum atomic E-state index is 13.2. The summed E-state index contributed by atoms with van der Waals surface area (Å²) in [6.07, 6.45) is 0.270. The highest BCUT2D eigenvalue weighted by Gasteiger charge is 2.23. The van der Waals surface area contributed by atoms with Crippen molar-refractivity contribution in [1.29, 1.82) is 0 Å². The minimum absolute atomic E-state index is 0.157. The summed E-state index contributed by atoms with van der Waals surface area (Å²) in [4.78, 5) is 9.94. The Morgan fingerprint density at radius 2 is 2.00 bits per heavy atom. The molecule has 0 bridgehead atoms. The van der Waals surface area contributed by atoms with Crippen molar-refractivity contribution in [3.8, 4) is 11.5 Å². The van der Waals surface area contributed by atoms with Gasteiger partial charge >= 0.3 is 0 Å². The Hall–Kier alpha value is -2.09. The second-order valence-electron chi connectivity index (χ2n) is 3.48. The molecule has 1 aromatic carbocycles. The zero-order valence-electron chi connectivity index (χ0n) is 9.27. The fourth-order valence-corrected chi connectivity index (χ4v) is 1.56. The Bertz CT molecular complexity index is 632. The molecule has 100 valence electrons. The summed E-state index contributed by atoms with van der Waals surface area (Å²) in [5.74, 6) is -2.44. The Labute approximate surface area is 110 Å². The minimum Gasteiger partial charge on any atom is -0.420 e. The van der Waals surface area contributed by atoms with E-state index in [0.29, 0.717) is 12.1 Å². The number of aryl methyl sites for hydroxylation is 1. The number of hydrogen-bond acceptors (Lipinski definition) is 5. The van der Waals surface area contributed by atoms with E-state index in [1.165, 1.54) is 0 Å². The van der Waals surface area contributed by atoms with Crippen LogP contribution >= 0.6 is 11.6 Å². The van der Waals surface area contributed by atoms with E-state index in [2.05, 4.69) is 10.2 Å². The molecule has 0 saturated heterocycles. The van der Waals surface area contributed by atoms with E-state index in [1.807, 2.05) is 0 Å². The van der Waals surface area contributed by atoms with Crippen LogP contribution in [0.1, 0.15) is 5.89 Å². The minimum atomic E-state index is -1.32. The normalized spacial score (nSPS) is 10.7. The van der Waals surface area contributed by atoms with Gasteiger partial charge in [0.05, 0.1) is 11.0 Å². The van der Waals surface area contributed by atoms with Gasteiger partial charge in [0.1, 0.15) is 5.56 Å². The standard InChI is InChI=1S/C10H6ClF2N3O3/c11-2-1-9-14-15-10(19-9)5-3-6(12)7(13)4-8(5)16(17)18/h3-4H,1-2H2. The fraction of sp³-hybridized carbons (Fsp3) is 0.200. The van der Waals surface area contributed by atoms with Gasteiger partial charge in [0.25, 0.3) is 11.6 Å². The van der Waals surface area contributed by atoms with Crippen LogP contribution in [0.25, 0.3) is 11.5 Å². The summed E-state index contributed by atoms with van der Waals surface area (Å²) in [5, 5.41) is 17.9. The van der Waals surface area contributed by atoms with Gasteiger partial charge in [-0.3, -0.25) is 10.1 Å². The Kier molecular flexibility index (Phi) is 3.70. The number of aromatic nitrogens is 2. The number of nitro benzene ring substituents is 1. The van der Waals surface area contributed by atoms with Crippen molar-refractivity contribution in [2.45, 2.75) is 6.42 Å². The molecule has 0 aliphatic carbocycles. The number of halogens is 3. The predicted octanol–water partition coefficient (Wildman–Crippen LogP) is 2.70. The first-order chi connectivity index (χ1) is 9.02. The molecule has 0 atom stereocenters. The van der Waals surface area contributed by atoms with Crippen LogP contribution in [0, 0.1) is 21.7 Å². The van der Waals surface area contributed by atoms with Gasteiger partial charge in [-0.2, -0.15) is 0 Å². The Balaban J connectivity index is 2.53. The lowest BCUT2D eigenvalue weighted by Gasteiger charge is -1.99. The summed E-state index contributed by atoms with van der Waals surface area (Å²) in [6, 6.07) is 1.11. The van der Waals surface area contributed by atoms with E-state index in [0.717, 1.165) is 0 Å². The van der Waals surface area contributed by atoms with Crippen molar-refractivity contribution in [3.05, 3.63) is 39.8 Å². The van der Waals surface area contributed by atoms with Crippen LogP contribution in [0.15, 0.2) is 16.5 Å². The van der Waals surface area contributed by atoms with Crippen LogP contribution in [0.4, 0.5) is 14.5 Å². The summed E-state index contributed by atoms with van der Waals surface area (Å²) in [7, 11) is 0. The van der Waals surface area contributed by atoms with Gasteiger partial charge in [0.2, 0.25) is 5.89 Å². The second kappa shape index (κ2) is 5.27. The summed E-state index contributed by atoms with van der Waals surface area (Å²) < 4.78 is 31.2. The first kappa shape index (κ1) is 13.3. The van der Waals surface area contributed by atoms with Gasteiger partial charge in [-0.25, -0.2) is 8.78 Å². The van der Waals surface area contributed by atoms with Crippen LogP contribution in [0.3, 0.4) is 0 Å². The van der Waals surface area contributed by atoms with Crippen LogP contribution < -0.4 is 0 Å². The van der Waals surface area contributed by atoms with Crippen LogP contribution in [-0.4, -0.2) is 21.0 Å². The van der Waals surface area contributed by atoms with Crippen LogP contribution in [-0.2, 0) is 6.42 Å². The van der Waals surface area contributed by atoms with Gasteiger partial charge in [-0.1, -0.05) is 0 Å². The molecular formula is C10H6ClF2N3O3. The number of nitrogens with zero attached hydrogens (tertiary/aromatic N) is 3. The molecule has 0 N–H and O–H groups in total. The van der Waals surface area contributed by atoms with Crippen molar-refractivity contribution in [2.75, 3.05) is 5.88 Å². The average Bonchev–Trinajstić information content (AvgIpc) is 2.81. The average molecular weight is 290 g/mol. The predicted molar refractivity (Wildman–Crippen MR) is 60.7 cm³/mol. The van der Waals surface area contributed by atoms with Crippen molar-refractivity contribution < 1.29 is 18.1 Å². The van der Waals surface area contributed by atoms with Crippen molar-refractivity contribution in [2.24, 2.45) is 0 Å². The summed E-state index contributed by atoms with van der Waals surface area (Å²) in [5.41, 5.74) is -0.933. The van der Waals surface area contributed by atoms with Gasteiger partial charge in [-0.05, 0) is 6.07 Å². The molecule has 1 aromatic heterocycles. The fourth-order valence-electron chi connectivity index (χ4n) is 1.40. The number of rotatable bonds is 4. The molecule has 0 radical (unpaired) electrons. The molecule has 0 aliphatic heterocycles. The molecule has 0 unspecified atom stereocenters. The number of hydrogen-bond donors (Lipinski definition) is 0. The van der Waals surface area contributed by atoms with Crippen molar-refractivity contribution in [1.82, 2.24) is 10.2 Å². The first-order valence-corrected chi connectivity index (χ1v) is 5.58. The summed E-state index contributed by atoms with van der Waals surface area (Å²) >= 11 is 5.47. The van der Waals surface area contributed by atoms with Gasteiger partial charge in [0.15, 0.2) is 11.6 Å². The SMILES string of the molecule is O=[N+]([O-])c1cc(F)c(F)cc1-c1nnc(CCCl)o1. The van der Waals surface area contributed by atoms with Crippen molar-refractivity contribution in [3.63, 3.8) is 0 Å². The maximum Gasteiger partial charge on any atom is 0.285 e. The maximum absolute atomic E-state index is 13.2. The smallest absolute Gasteiger partial charge is 0.285 e. The molecule has 0 aliphatic rings. The monoisotopic (exact) mass is 289 g/mol. The first-order valence-electron chi connectivity index (χ1n) is 5.05. The van der Waals surface area contributed by atoms with E-state index in [4.69, 9.17) is 16.0 Å². The number of benzene rings is 1. The second-order valence-corrected chi connectivity index (χ2v) is 3.86. The summed E-state index contributed by atoms with van der Waals surface area (Å²) in [6.45, 7) is 0. The molecule has 6 nitrogen and oxygen atoms in total. The van der Waals surface area contributed by atoms with Gasteiger partial charge < -0.3 is 4.42 Å². The third kappa shape index (κ3) is 2.68.